The Balaban J connectivity index is 1.51. The Bertz CT molecular complexity index is 1870. The molecule has 2 heterocycles. The highest BCUT2D eigenvalue weighted by molar-refractivity contribution is 9.10. The van der Waals surface area contributed by atoms with Crippen LogP contribution in [0, 0.1) is 13.8 Å². The number of para-hydroxylation sites is 1. The Morgan fingerprint density at radius 2 is 1.82 bits per heavy atom. The quantitative estimate of drug-likeness (QED) is 0.218. The third-order valence-corrected chi connectivity index (χ3v) is 10.8. The van der Waals surface area contributed by atoms with E-state index in [1.165, 1.54) is 29.9 Å². The molecule has 1 aromatic heterocycles. The van der Waals surface area contributed by atoms with Crippen LogP contribution in [0.15, 0.2) is 80.9 Å². The molecule has 5 rings (SSSR count). The topological polar surface area (TPSA) is 93.8 Å². The molecule has 1 fully saturated rings. The fraction of sp³-hybridized carbons (Fsp3) is 0.312. The highest BCUT2D eigenvalue weighted by atomic mass is 79.9. The number of carbonyl (C=O) groups excluding carboxylic acids is 1. The molecule has 0 aliphatic carbocycles. The van der Waals surface area contributed by atoms with Gasteiger partial charge < -0.3 is 9.64 Å². The number of amides is 1. The first-order valence-corrected chi connectivity index (χ1v) is 16.8. The van der Waals surface area contributed by atoms with E-state index in [4.69, 9.17) is 16.3 Å². The third kappa shape index (κ3) is 6.24. The van der Waals surface area contributed by atoms with Gasteiger partial charge in [-0.05, 0) is 74.2 Å². The number of benzene rings is 3. The summed E-state index contributed by atoms with van der Waals surface area (Å²) in [6.07, 6.45) is 1.60. The summed E-state index contributed by atoms with van der Waals surface area (Å²) in [6.45, 7) is 4.90. The van der Waals surface area contributed by atoms with Crippen molar-refractivity contribution in [1.82, 2.24) is 14.3 Å². The number of aromatic nitrogens is 2. The summed E-state index contributed by atoms with van der Waals surface area (Å²) in [5.41, 5.74) is 2.60. The first-order chi connectivity index (χ1) is 20.9. The molecule has 1 aliphatic heterocycles. The molecule has 1 unspecified atom stereocenters. The molecule has 0 N–H and O–H groups in total. The minimum Gasteiger partial charge on any atom is -0.376 e. The first-order valence-electron chi connectivity index (χ1n) is 14.2. The summed E-state index contributed by atoms with van der Waals surface area (Å²) in [7, 11) is -1.24. The number of rotatable bonds is 9. The lowest BCUT2D eigenvalue weighted by molar-refractivity contribution is 0.0506. The number of sulfonamides is 1. The van der Waals surface area contributed by atoms with Gasteiger partial charge in [0.1, 0.15) is 5.69 Å². The van der Waals surface area contributed by atoms with Gasteiger partial charge in [0.05, 0.1) is 33.0 Å². The molecule has 44 heavy (non-hydrogen) atoms. The summed E-state index contributed by atoms with van der Waals surface area (Å²) in [6, 6.07) is 18.9. The van der Waals surface area contributed by atoms with Crippen molar-refractivity contribution in [3.05, 3.63) is 109 Å². The number of ether oxygens (including phenoxy) is 1. The summed E-state index contributed by atoms with van der Waals surface area (Å²) in [5, 5.41) is 0.124. The highest BCUT2D eigenvalue weighted by Crippen LogP contribution is 2.29. The maximum Gasteiger partial charge on any atom is 0.296 e. The van der Waals surface area contributed by atoms with Crippen LogP contribution in [0.5, 0.6) is 0 Å². The van der Waals surface area contributed by atoms with Crippen molar-refractivity contribution in [3.63, 3.8) is 0 Å². The van der Waals surface area contributed by atoms with Crippen molar-refractivity contribution in [3.8, 4) is 5.69 Å². The predicted molar refractivity (Wildman–Crippen MR) is 175 cm³/mol. The molecule has 12 heteroatoms. The molecule has 0 radical (unpaired) electrons. The van der Waals surface area contributed by atoms with E-state index in [0.717, 1.165) is 32.7 Å². The SMILES string of the molecule is Cc1ccc(CN(CC2CCCO2)C(=O)c2cc(S(=O)(=O)N(C)c3c(C)n(C)n(-c4ccccc4)c3=O)ccc2Cl)c(Br)c1. The lowest BCUT2D eigenvalue weighted by Gasteiger charge is -2.27. The van der Waals surface area contributed by atoms with Crippen LogP contribution in [0.25, 0.3) is 5.69 Å². The number of halogens is 2. The molecule has 9 nitrogen and oxygen atoms in total. The van der Waals surface area contributed by atoms with E-state index in [1.54, 1.807) is 47.8 Å². The van der Waals surface area contributed by atoms with Gasteiger partial charge in [-0.2, -0.15) is 0 Å². The molecule has 1 amide bonds. The van der Waals surface area contributed by atoms with Crippen molar-refractivity contribution in [2.45, 2.75) is 44.2 Å². The summed E-state index contributed by atoms with van der Waals surface area (Å²) < 4.78 is 38.6. The predicted octanol–water partition coefficient (Wildman–Crippen LogP) is 5.86. The second kappa shape index (κ2) is 12.9. The van der Waals surface area contributed by atoms with Crippen LogP contribution < -0.4 is 9.86 Å². The molecular weight excluding hydrogens is 668 g/mol. The molecule has 232 valence electrons. The summed E-state index contributed by atoms with van der Waals surface area (Å²) >= 11 is 10.2. The highest BCUT2D eigenvalue weighted by Gasteiger charge is 2.31. The minimum atomic E-state index is -4.27. The van der Waals surface area contributed by atoms with E-state index in [1.807, 2.05) is 31.2 Å². The van der Waals surface area contributed by atoms with Crippen LogP contribution in [-0.4, -0.2) is 54.9 Å². The normalized spacial score (nSPS) is 15.0. The van der Waals surface area contributed by atoms with E-state index in [-0.39, 0.29) is 33.8 Å². The van der Waals surface area contributed by atoms with Crippen LogP contribution in [0.4, 0.5) is 5.69 Å². The van der Waals surface area contributed by atoms with Gasteiger partial charge in [-0.3, -0.25) is 18.6 Å². The van der Waals surface area contributed by atoms with Gasteiger partial charge in [-0.15, -0.1) is 0 Å². The van der Waals surface area contributed by atoms with Crippen molar-refractivity contribution < 1.29 is 17.9 Å². The zero-order valence-electron chi connectivity index (χ0n) is 25.0. The Kier molecular flexibility index (Phi) is 9.41. The van der Waals surface area contributed by atoms with E-state index in [9.17, 15) is 18.0 Å². The number of nitrogens with zero attached hydrogens (tertiary/aromatic N) is 4. The molecule has 3 aromatic carbocycles. The smallest absolute Gasteiger partial charge is 0.296 e. The van der Waals surface area contributed by atoms with Crippen LogP contribution in [-0.2, 0) is 28.4 Å². The monoisotopic (exact) mass is 700 g/mol. The van der Waals surface area contributed by atoms with E-state index in [0.29, 0.717) is 24.5 Å². The second-order valence-electron chi connectivity index (χ2n) is 10.9. The Morgan fingerprint density at radius 1 is 1.09 bits per heavy atom. The van der Waals surface area contributed by atoms with Crippen molar-refractivity contribution in [1.29, 1.82) is 0 Å². The maximum atomic E-state index is 14.1. The molecule has 0 bridgehead atoms. The van der Waals surface area contributed by atoms with E-state index >= 15 is 0 Å². The fourth-order valence-electron chi connectivity index (χ4n) is 5.43. The number of hydrogen-bond donors (Lipinski definition) is 0. The Hall–Kier alpha value is -3.38. The summed E-state index contributed by atoms with van der Waals surface area (Å²) in [5.74, 6) is -0.417. The number of aryl methyl sites for hydroxylation is 1. The number of anilines is 1. The van der Waals surface area contributed by atoms with Crippen LogP contribution >= 0.6 is 27.5 Å². The van der Waals surface area contributed by atoms with Crippen LogP contribution in [0.1, 0.15) is 40.0 Å². The average Bonchev–Trinajstić information content (AvgIpc) is 3.59. The van der Waals surface area contributed by atoms with Gasteiger partial charge >= 0.3 is 0 Å². The lowest BCUT2D eigenvalue weighted by atomic mass is 10.1. The molecule has 0 spiro atoms. The maximum absolute atomic E-state index is 14.1. The number of hydrogen-bond acceptors (Lipinski definition) is 5. The van der Waals surface area contributed by atoms with Gasteiger partial charge in [0, 0.05) is 38.3 Å². The van der Waals surface area contributed by atoms with Gasteiger partial charge in [0.25, 0.3) is 21.5 Å². The van der Waals surface area contributed by atoms with Gasteiger partial charge in [0.2, 0.25) is 0 Å². The van der Waals surface area contributed by atoms with Crippen molar-refractivity contribution in [2.75, 3.05) is 24.5 Å². The first kappa shape index (κ1) is 32.0. The molecular formula is C32H34BrClN4O5S. The van der Waals surface area contributed by atoms with Crippen LogP contribution in [0.3, 0.4) is 0 Å². The second-order valence-corrected chi connectivity index (χ2v) is 14.2. The molecule has 1 aliphatic rings. The van der Waals surface area contributed by atoms with Crippen molar-refractivity contribution in [2.24, 2.45) is 7.05 Å². The van der Waals surface area contributed by atoms with Gasteiger partial charge in [0.15, 0.2) is 0 Å². The zero-order chi connectivity index (χ0) is 31.8. The standard InChI is InChI=1S/C32H34BrClN4O5S/c1-21-12-13-23(28(33)17-21)19-37(20-25-11-8-16-43-25)31(39)27-18-26(14-15-29(27)34)44(41,42)36(4)30-22(2)35(3)38(32(30)40)24-9-6-5-7-10-24/h5-7,9-10,12-15,17-18,25H,8,11,16,19-20H2,1-4H3. The molecule has 0 saturated carbocycles. The number of carbonyl (C=O) groups is 1. The molecule has 1 saturated heterocycles. The largest absolute Gasteiger partial charge is 0.376 e. The molecule has 4 aromatic rings. The third-order valence-electron chi connectivity index (χ3n) is 7.97. The minimum absolute atomic E-state index is 0.00316. The van der Waals surface area contributed by atoms with Crippen LogP contribution in [0.2, 0.25) is 5.02 Å². The summed E-state index contributed by atoms with van der Waals surface area (Å²) in [4.78, 5) is 29.1. The fourth-order valence-corrected chi connectivity index (χ4v) is 7.52. The van der Waals surface area contributed by atoms with E-state index < -0.39 is 21.5 Å². The molecule has 1 atom stereocenters. The Labute approximate surface area is 270 Å². The lowest BCUT2D eigenvalue weighted by Crippen LogP contribution is -2.37. The van der Waals surface area contributed by atoms with Gasteiger partial charge in [-0.1, -0.05) is 57.9 Å². The van der Waals surface area contributed by atoms with Crippen molar-refractivity contribution >= 4 is 49.1 Å². The Morgan fingerprint density at radius 3 is 2.48 bits per heavy atom. The zero-order valence-corrected chi connectivity index (χ0v) is 28.1. The van der Waals surface area contributed by atoms with E-state index in [2.05, 4.69) is 15.9 Å². The van der Waals surface area contributed by atoms with Gasteiger partial charge in [-0.25, -0.2) is 13.1 Å². The average molecular weight is 702 g/mol.